The molecule has 0 aliphatic rings. The lowest BCUT2D eigenvalue weighted by Crippen LogP contribution is -2.46. The number of carbonyl (C=O) groups is 3. The average molecular weight is 675 g/mol. The van der Waals surface area contributed by atoms with Crippen molar-refractivity contribution < 1.29 is 18.9 Å². The van der Waals surface area contributed by atoms with Gasteiger partial charge in [0.15, 0.2) is 0 Å². The molecule has 10 nitrogen and oxygen atoms in total. The molecule has 0 fully saturated rings. The molecule has 0 spiro atoms. The van der Waals surface area contributed by atoms with Crippen LogP contribution in [0.3, 0.4) is 0 Å². The number of benzene rings is 2. The zero-order valence-electron chi connectivity index (χ0n) is 29.7. The van der Waals surface area contributed by atoms with Gasteiger partial charge in [0.25, 0.3) is 17.7 Å². The van der Waals surface area contributed by atoms with Gasteiger partial charge in [-0.05, 0) is 60.4 Å². The lowest BCUT2D eigenvalue weighted by molar-refractivity contribution is -0.889. The van der Waals surface area contributed by atoms with Crippen molar-refractivity contribution in [2.24, 2.45) is 14.1 Å². The minimum absolute atomic E-state index is 0.186. The molecule has 3 heterocycles. The van der Waals surface area contributed by atoms with E-state index in [0.717, 1.165) is 39.6 Å². The van der Waals surface area contributed by atoms with Gasteiger partial charge in [-0.3, -0.25) is 19.4 Å². The van der Waals surface area contributed by atoms with Crippen LogP contribution in [0.4, 0.5) is 11.4 Å². The monoisotopic (exact) mass is 674 g/mol. The van der Waals surface area contributed by atoms with E-state index in [1.54, 1.807) is 59.9 Å². The molecule has 3 aromatic heterocycles. The van der Waals surface area contributed by atoms with Crippen LogP contribution in [0.25, 0.3) is 23.1 Å². The quantitative estimate of drug-likeness (QED) is 0.0823. The van der Waals surface area contributed by atoms with Gasteiger partial charge in [0.2, 0.25) is 0 Å². The molecule has 0 saturated heterocycles. The van der Waals surface area contributed by atoms with E-state index in [0.29, 0.717) is 34.9 Å². The van der Waals surface area contributed by atoms with E-state index in [-0.39, 0.29) is 17.7 Å². The first-order chi connectivity index (χ1) is 24.0. The molecule has 3 amide bonds. The highest BCUT2D eigenvalue weighted by Gasteiger charge is 2.19. The second-order valence-corrected chi connectivity index (χ2v) is 13.5. The number of hydrogen-bond donors (Lipinski definition) is 3. The van der Waals surface area contributed by atoms with Gasteiger partial charge in [0.1, 0.15) is 11.4 Å². The van der Waals surface area contributed by atoms with Crippen LogP contribution >= 0.6 is 0 Å². The Balaban J connectivity index is 1.13. The zero-order valence-corrected chi connectivity index (χ0v) is 29.7. The fraction of sp³-hybridized carbons (Fsp3) is 0.300. The minimum atomic E-state index is -0.356. The van der Waals surface area contributed by atoms with Crippen LogP contribution < -0.4 is 16.0 Å². The molecule has 0 atom stereocenters. The van der Waals surface area contributed by atoms with Gasteiger partial charge in [-0.1, -0.05) is 62.2 Å². The zero-order chi connectivity index (χ0) is 35.7. The molecular weight excluding hydrogens is 626 g/mol. The number of pyridine rings is 1. The Hall–Kier alpha value is -5.48. The van der Waals surface area contributed by atoms with E-state index >= 15 is 0 Å². The molecule has 3 N–H and O–H groups in total. The van der Waals surface area contributed by atoms with E-state index in [1.165, 1.54) is 25.7 Å². The first-order valence-corrected chi connectivity index (χ1v) is 17.2. The lowest BCUT2D eigenvalue weighted by atomic mass is 10.1. The second kappa shape index (κ2) is 16.3. The van der Waals surface area contributed by atoms with Gasteiger partial charge >= 0.3 is 0 Å². The van der Waals surface area contributed by atoms with Crippen LogP contribution in [0.2, 0.25) is 0 Å². The summed E-state index contributed by atoms with van der Waals surface area (Å²) in [4.78, 5) is 43.7. The highest BCUT2D eigenvalue weighted by atomic mass is 16.2. The Morgan fingerprint density at radius 2 is 1.38 bits per heavy atom. The SMILES string of the molecule is CCCCCC[N+](C)(C)CCNC(=O)c1cc(NC(=O)c2cc(NC(=O)c3ccc(/C=C/c4cnc5ccccc5c4)cc3)cn2C)cn1C. The van der Waals surface area contributed by atoms with Crippen LogP contribution in [0.5, 0.6) is 0 Å². The predicted molar refractivity (Wildman–Crippen MR) is 202 cm³/mol. The van der Waals surface area contributed by atoms with E-state index in [2.05, 4.69) is 48.0 Å². The Morgan fingerprint density at radius 1 is 0.740 bits per heavy atom. The molecule has 50 heavy (non-hydrogen) atoms. The number of nitrogens with one attached hydrogen (secondary N) is 3. The molecule has 2 aromatic carbocycles. The molecule has 0 aliphatic carbocycles. The number of carbonyl (C=O) groups excluding carboxylic acids is 3. The highest BCUT2D eigenvalue weighted by Crippen LogP contribution is 2.19. The van der Waals surface area contributed by atoms with Gasteiger partial charge < -0.3 is 29.6 Å². The van der Waals surface area contributed by atoms with Crippen molar-refractivity contribution in [2.45, 2.75) is 32.6 Å². The van der Waals surface area contributed by atoms with Crippen molar-refractivity contribution in [3.05, 3.63) is 113 Å². The first-order valence-electron chi connectivity index (χ1n) is 17.2. The van der Waals surface area contributed by atoms with Crippen molar-refractivity contribution in [1.82, 2.24) is 19.4 Å². The number of aromatic nitrogens is 3. The van der Waals surface area contributed by atoms with Crippen LogP contribution in [0.15, 0.2) is 85.3 Å². The largest absolute Gasteiger partial charge is 0.345 e. The number of para-hydroxylation sites is 1. The third-order valence-corrected chi connectivity index (χ3v) is 8.86. The molecule has 10 heteroatoms. The Kier molecular flexibility index (Phi) is 11.7. The van der Waals surface area contributed by atoms with Gasteiger partial charge in [-0.25, -0.2) is 0 Å². The summed E-state index contributed by atoms with van der Waals surface area (Å²) in [5.41, 5.74) is 5.21. The van der Waals surface area contributed by atoms with Gasteiger partial charge in [0.05, 0.1) is 50.6 Å². The summed E-state index contributed by atoms with van der Waals surface area (Å²) in [5, 5.41) is 9.86. The molecule has 0 bridgehead atoms. The fourth-order valence-electron chi connectivity index (χ4n) is 5.87. The number of anilines is 2. The standard InChI is InChI=1S/C40H47N7O3/c1-6-7-8-11-21-47(4,5)22-20-41-39(49)36-24-34(28-45(36)2)44-40(50)37-25-33(27-46(37)3)43-38(48)31-18-16-29(17-19-31)14-15-30-23-32-12-9-10-13-35(32)42-26-30/h9-10,12-19,23-28H,6-8,11,20-22H2,1-5H3,(H2-,41,43,44,48,49,50)/p+1/b15-14+. The summed E-state index contributed by atoms with van der Waals surface area (Å²) in [7, 11) is 7.90. The maximum Gasteiger partial charge on any atom is 0.272 e. The summed E-state index contributed by atoms with van der Waals surface area (Å²) in [6.07, 6.45) is 14.1. The van der Waals surface area contributed by atoms with E-state index in [9.17, 15) is 14.4 Å². The molecular formula is C40H48N7O3+. The van der Waals surface area contributed by atoms with Gasteiger partial charge in [0, 0.05) is 43.6 Å². The topological polar surface area (TPSA) is 110 Å². The molecule has 0 radical (unpaired) electrons. The number of likely N-dealkylation sites (N-methyl/N-ethyl adjacent to an activating group) is 1. The number of nitrogens with zero attached hydrogens (tertiary/aromatic N) is 4. The number of quaternary nitrogens is 1. The molecule has 0 unspecified atom stereocenters. The van der Waals surface area contributed by atoms with Crippen LogP contribution in [0, 0.1) is 0 Å². The molecule has 5 aromatic rings. The molecule has 260 valence electrons. The normalized spacial score (nSPS) is 11.6. The highest BCUT2D eigenvalue weighted by molar-refractivity contribution is 6.07. The van der Waals surface area contributed by atoms with Crippen molar-refractivity contribution >= 4 is 52.2 Å². The third kappa shape index (κ3) is 9.57. The molecule has 5 rings (SSSR count). The van der Waals surface area contributed by atoms with Crippen LogP contribution in [0.1, 0.15) is 75.1 Å². The molecule has 0 saturated carbocycles. The van der Waals surface area contributed by atoms with Crippen LogP contribution in [-0.4, -0.2) is 70.1 Å². The predicted octanol–water partition coefficient (Wildman–Crippen LogP) is 6.97. The van der Waals surface area contributed by atoms with E-state index in [4.69, 9.17) is 0 Å². The summed E-state index contributed by atoms with van der Waals surface area (Å²) >= 11 is 0. The lowest BCUT2D eigenvalue weighted by Gasteiger charge is -2.30. The van der Waals surface area contributed by atoms with Crippen molar-refractivity contribution in [2.75, 3.05) is 44.4 Å². The number of fused-ring (bicyclic) bond motifs is 1. The number of unbranched alkanes of at least 4 members (excludes halogenated alkanes) is 3. The Morgan fingerprint density at radius 3 is 2.08 bits per heavy atom. The third-order valence-electron chi connectivity index (χ3n) is 8.86. The average Bonchev–Trinajstić information content (AvgIpc) is 3.66. The summed E-state index contributed by atoms with van der Waals surface area (Å²) in [6, 6.07) is 20.7. The van der Waals surface area contributed by atoms with E-state index < -0.39 is 0 Å². The van der Waals surface area contributed by atoms with Crippen molar-refractivity contribution in [3.63, 3.8) is 0 Å². The maximum atomic E-state index is 13.2. The fourth-order valence-corrected chi connectivity index (χ4v) is 5.87. The number of amides is 3. The number of rotatable bonds is 15. The summed E-state index contributed by atoms with van der Waals surface area (Å²) in [6.45, 7) is 4.70. The Labute approximate surface area is 294 Å². The van der Waals surface area contributed by atoms with E-state index in [1.807, 2.05) is 54.7 Å². The van der Waals surface area contributed by atoms with Crippen molar-refractivity contribution in [1.29, 1.82) is 0 Å². The summed E-state index contributed by atoms with van der Waals surface area (Å²) in [5.74, 6) is -0.825. The number of aryl methyl sites for hydroxylation is 2. The number of hydrogen-bond acceptors (Lipinski definition) is 4. The smallest absolute Gasteiger partial charge is 0.272 e. The van der Waals surface area contributed by atoms with Crippen molar-refractivity contribution in [3.8, 4) is 0 Å². The maximum absolute atomic E-state index is 13.2. The minimum Gasteiger partial charge on any atom is -0.345 e. The van der Waals surface area contributed by atoms with Gasteiger partial charge in [-0.15, -0.1) is 0 Å². The summed E-state index contributed by atoms with van der Waals surface area (Å²) < 4.78 is 4.21. The van der Waals surface area contributed by atoms with Gasteiger partial charge in [-0.2, -0.15) is 0 Å². The Bertz CT molecular complexity index is 1990. The first kappa shape index (κ1) is 35.8. The second-order valence-electron chi connectivity index (χ2n) is 13.5. The molecule has 0 aliphatic heterocycles. The van der Waals surface area contributed by atoms with Crippen LogP contribution in [-0.2, 0) is 14.1 Å².